The summed E-state index contributed by atoms with van der Waals surface area (Å²) in [6, 6.07) is 3.97. The molecule has 1 aliphatic carbocycles. The molecule has 1 N–H and O–H groups in total. The molecule has 22 heavy (non-hydrogen) atoms. The monoisotopic (exact) mass is 315 g/mol. The standard InChI is InChI=1S/C17H21N3OS/c1-11(2)10-19-16(21)13-3-4-14-15(9-13)22-17(20-14)12-5-7-18-8-6-12/h5-8,11,13H,3-4,9-10H2,1-2H3,(H,19,21). The lowest BCUT2D eigenvalue weighted by Crippen LogP contribution is -2.35. The molecule has 2 aromatic heterocycles. The Hall–Kier alpha value is -1.75. The molecule has 1 amide bonds. The van der Waals surface area contributed by atoms with Gasteiger partial charge >= 0.3 is 0 Å². The summed E-state index contributed by atoms with van der Waals surface area (Å²) in [4.78, 5) is 22.3. The Morgan fingerprint density at radius 2 is 2.18 bits per heavy atom. The third-order valence-corrected chi connectivity index (χ3v) is 5.09. The van der Waals surface area contributed by atoms with E-state index in [0.717, 1.165) is 36.4 Å². The summed E-state index contributed by atoms with van der Waals surface area (Å²) in [5.74, 6) is 0.778. The first-order valence-corrected chi connectivity index (χ1v) is 8.62. The zero-order chi connectivity index (χ0) is 15.5. The molecule has 116 valence electrons. The van der Waals surface area contributed by atoms with Gasteiger partial charge in [-0.2, -0.15) is 0 Å². The Labute approximate surface area is 135 Å². The van der Waals surface area contributed by atoms with Crippen LogP contribution in [0.5, 0.6) is 0 Å². The van der Waals surface area contributed by atoms with E-state index in [-0.39, 0.29) is 11.8 Å². The van der Waals surface area contributed by atoms with Gasteiger partial charge in [-0.1, -0.05) is 13.8 Å². The van der Waals surface area contributed by atoms with Crippen LogP contribution in [0.1, 0.15) is 30.8 Å². The van der Waals surface area contributed by atoms with Crippen molar-refractivity contribution in [1.29, 1.82) is 0 Å². The lowest BCUT2D eigenvalue weighted by Gasteiger charge is -2.21. The van der Waals surface area contributed by atoms with Gasteiger partial charge in [-0.25, -0.2) is 4.98 Å². The molecule has 0 radical (unpaired) electrons. The molecule has 0 saturated carbocycles. The van der Waals surface area contributed by atoms with E-state index in [0.29, 0.717) is 5.92 Å². The van der Waals surface area contributed by atoms with Gasteiger partial charge < -0.3 is 5.32 Å². The maximum atomic E-state index is 12.3. The molecule has 3 rings (SSSR count). The summed E-state index contributed by atoms with van der Waals surface area (Å²) < 4.78 is 0. The number of hydrogen-bond donors (Lipinski definition) is 1. The third kappa shape index (κ3) is 3.35. The molecule has 0 saturated heterocycles. The van der Waals surface area contributed by atoms with E-state index in [9.17, 15) is 4.79 Å². The fourth-order valence-electron chi connectivity index (χ4n) is 2.67. The summed E-state index contributed by atoms with van der Waals surface area (Å²) in [5, 5.41) is 4.10. The molecule has 1 unspecified atom stereocenters. The number of rotatable bonds is 4. The van der Waals surface area contributed by atoms with E-state index >= 15 is 0 Å². The number of hydrogen-bond acceptors (Lipinski definition) is 4. The highest BCUT2D eigenvalue weighted by molar-refractivity contribution is 7.15. The second kappa shape index (κ2) is 6.57. The average Bonchev–Trinajstić information content (AvgIpc) is 2.96. The third-order valence-electron chi connectivity index (χ3n) is 3.92. The molecule has 0 aromatic carbocycles. The molecule has 1 aliphatic rings. The van der Waals surface area contributed by atoms with E-state index in [4.69, 9.17) is 4.98 Å². The molecule has 0 spiro atoms. The summed E-state index contributed by atoms with van der Waals surface area (Å²) in [5.41, 5.74) is 2.28. The smallest absolute Gasteiger partial charge is 0.223 e. The van der Waals surface area contributed by atoms with E-state index in [1.807, 2.05) is 12.1 Å². The van der Waals surface area contributed by atoms with Gasteiger partial charge in [0, 0.05) is 35.3 Å². The summed E-state index contributed by atoms with van der Waals surface area (Å²) in [6.45, 7) is 4.99. The van der Waals surface area contributed by atoms with Crippen LogP contribution in [0.4, 0.5) is 0 Å². The molecule has 0 bridgehead atoms. The second-order valence-corrected chi connectivity index (χ2v) is 7.29. The van der Waals surface area contributed by atoms with Gasteiger partial charge in [0.05, 0.1) is 5.69 Å². The number of amides is 1. The van der Waals surface area contributed by atoms with Crippen LogP contribution < -0.4 is 5.32 Å². The van der Waals surface area contributed by atoms with Crippen LogP contribution in [0.2, 0.25) is 0 Å². The highest BCUT2D eigenvalue weighted by Gasteiger charge is 2.27. The van der Waals surface area contributed by atoms with Gasteiger partial charge in [0.25, 0.3) is 0 Å². The van der Waals surface area contributed by atoms with E-state index in [2.05, 4.69) is 24.1 Å². The molecular weight excluding hydrogens is 294 g/mol. The van der Waals surface area contributed by atoms with Gasteiger partial charge in [-0.15, -0.1) is 11.3 Å². The normalized spacial score (nSPS) is 17.3. The highest BCUT2D eigenvalue weighted by Crippen LogP contribution is 2.34. The van der Waals surface area contributed by atoms with Crippen LogP contribution in [0, 0.1) is 11.8 Å². The van der Waals surface area contributed by atoms with E-state index < -0.39 is 0 Å². The Balaban J connectivity index is 1.71. The summed E-state index contributed by atoms with van der Waals surface area (Å²) in [7, 11) is 0. The quantitative estimate of drug-likeness (QED) is 0.943. The Kier molecular flexibility index (Phi) is 4.52. The largest absolute Gasteiger partial charge is 0.356 e. The molecular formula is C17H21N3OS. The molecule has 0 aliphatic heterocycles. The van der Waals surface area contributed by atoms with Crippen LogP contribution in [0.25, 0.3) is 10.6 Å². The van der Waals surface area contributed by atoms with Gasteiger partial charge in [0.2, 0.25) is 5.91 Å². The topological polar surface area (TPSA) is 54.9 Å². The molecule has 2 aromatic rings. The van der Waals surface area contributed by atoms with Crippen molar-refractivity contribution in [3.05, 3.63) is 35.1 Å². The lowest BCUT2D eigenvalue weighted by atomic mass is 9.90. The first kappa shape index (κ1) is 15.2. The SMILES string of the molecule is CC(C)CNC(=O)C1CCc2nc(-c3ccncc3)sc2C1. The summed E-state index contributed by atoms with van der Waals surface area (Å²) >= 11 is 1.72. The minimum atomic E-state index is 0.0944. The van der Waals surface area contributed by atoms with Crippen LogP contribution in [0.3, 0.4) is 0 Å². The van der Waals surface area contributed by atoms with Gasteiger partial charge in [0.15, 0.2) is 0 Å². The fraction of sp³-hybridized carbons (Fsp3) is 0.471. The van der Waals surface area contributed by atoms with Crippen molar-refractivity contribution in [2.75, 3.05) is 6.54 Å². The summed E-state index contributed by atoms with van der Waals surface area (Å²) in [6.07, 6.45) is 6.20. The van der Waals surface area contributed by atoms with Crippen molar-refractivity contribution < 1.29 is 4.79 Å². The maximum Gasteiger partial charge on any atom is 0.223 e. The Morgan fingerprint density at radius 1 is 1.41 bits per heavy atom. The van der Waals surface area contributed by atoms with Gasteiger partial charge in [-0.3, -0.25) is 9.78 Å². The lowest BCUT2D eigenvalue weighted by molar-refractivity contribution is -0.125. The molecule has 4 nitrogen and oxygen atoms in total. The number of fused-ring (bicyclic) bond motifs is 1. The molecule has 5 heteroatoms. The van der Waals surface area contributed by atoms with E-state index in [1.165, 1.54) is 10.6 Å². The van der Waals surface area contributed by atoms with Crippen molar-refractivity contribution in [2.24, 2.45) is 11.8 Å². The molecule has 1 atom stereocenters. The first-order valence-electron chi connectivity index (χ1n) is 7.80. The van der Waals surface area contributed by atoms with Crippen LogP contribution >= 0.6 is 11.3 Å². The fourth-order valence-corrected chi connectivity index (χ4v) is 3.86. The first-order chi connectivity index (χ1) is 10.6. The van der Waals surface area contributed by atoms with Crippen LogP contribution in [0.15, 0.2) is 24.5 Å². The maximum absolute atomic E-state index is 12.3. The van der Waals surface area contributed by atoms with Crippen molar-refractivity contribution in [2.45, 2.75) is 33.1 Å². The van der Waals surface area contributed by atoms with Crippen LogP contribution in [-0.2, 0) is 17.6 Å². The number of carbonyl (C=O) groups excluding carboxylic acids is 1. The van der Waals surface area contributed by atoms with Crippen molar-refractivity contribution in [3.63, 3.8) is 0 Å². The number of aryl methyl sites for hydroxylation is 1. The van der Waals surface area contributed by atoms with Crippen molar-refractivity contribution >= 4 is 17.2 Å². The zero-order valence-corrected chi connectivity index (χ0v) is 13.8. The number of nitrogens with zero attached hydrogens (tertiary/aromatic N) is 2. The number of nitrogens with one attached hydrogen (secondary N) is 1. The van der Waals surface area contributed by atoms with Gasteiger partial charge in [0.1, 0.15) is 5.01 Å². The van der Waals surface area contributed by atoms with Gasteiger partial charge in [-0.05, 0) is 37.3 Å². The second-order valence-electron chi connectivity index (χ2n) is 6.20. The number of aromatic nitrogens is 2. The number of pyridine rings is 1. The van der Waals surface area contributed by atoms with Crippen molar-refractivity contribution in [3.8, 4) is 10.6 Å². The van der Waals surface area contributed by atoms with Crippen molar-refractivity contribution in [1.82, 2.24) is 15.3 Å². The highest BCUT2D eigenvalue weighted by atomic mass is 32.1. The Morgan fingerprint density at radius 3 is 2.91 bits per heavy atom. The number of thiazole rings is 1. The molecule has 2 heterocycles. The average molecular weight is 315 g/mol. The van der Waals surface area contributed by atoms with Crippen LogP contribution in [-0.4, -0.2) is 22.4 Å². The van der Waals surface area contributed by atoms with E-state index in [1.54, 1.807) is 23.7 Å². The molecule has 0 fully saturated rings. The minimum Gasteiger partial charge on any atom is -0.356 e. The predicted molar refractivity (Wildman–Crippen MR) is 88.7 cm³/mol. The zero-order valence-electron chi connectivity index (χ0n) is 13.0. The Bertz CT molecular complexity index is 651. The number of carbonyl (C=O) groups is 1. The minimum absolute atomic E-state index is 0.0944. The predicted octanol–water partition coefficient (Wildman–Crippen LogP) is 3.08.